The van der Waals surface area contributed by atoms with E-state index in [9.17, 15) is 22.4 Å². The number of alkyl halides is 3. The number of halogens is 4. The number of carbonyl (C=O) groups excluding carboxylic acids is 1. The van der Waals surface area contributed by atoms with Crippen LogP contribution in [0.5, 0.6) is 0 Å². The number of rotatable bonds is 7. The molecular weight excluding hydrogens is 546 g/mol. The highest BCUT2D eigenvalue weighted by Gasteiger charge is 2.40. The van der Waals surface area contributed by atoms with E-state index in [-0.39, 0.29) is 23.6 Å². The minimum absolute atomic E-state index is 0.00350. The van der Waals surface area contributed by atoms with Crippen molar-refractivity contribution in [2.45, 2.75) is 58.2 Å². The highest BCUT2D eigenvalue weighted by atomic mass is 19.4. The molecule has 4 atom stereocenters. The molecule has 0 spiro atoms. The van der Waals surface area contributed by atoms with Gasteiger partial charge in [-0.3, -0.25) is 4.79 Å². The van der Waals surface area contributed by atoms with Crippen LogP contribution in [0.15, 0.2) is 60.7 Å². The fraction of sp³-hybridized carbons (Fsp3) is 0.394. The van der Waals surface area contributed by atoms with E-state index in [2.05, 4.69) is 57.3 Å². The Morgan fingerprint density at radius 1 is 1.05 bits per heavy atom. The Balaban J connectivity index is 1.37. The number of nitrogens with zero attached hydrogens (tertiary/aromatic N) is 2. The van der Waals surface area contributed by atoms with Gasteiger partial charge in [-0.15, -0.1) is 0 Å². The molecule has 1 saturated carbocycles. The first-order valence-electron chi connectivity index (χ1n) is 14.3. The molecule has 1 fully saturated rings. The summed E-state index contributed by atoms with van der Waals surface area (Å²) in [5.41, 5.74) is 3.83. The van der Waals surface area contributed by atoms with Crippen LogP contribution in [0.3, 0.4) is 0 Å². The summed E-state index contributed by atoms with van der Waals surface area (Å²) in [5.74, 6) is -1.21. The summed E-state index contributed by atoms with van der Waals surface area (Å²) in [4.78, 5) is 18.1. The zero-order chi connectivity index (χ0) is 30.2. The maximum absolute atomic E-state index is 14.5. The molecule has 42 heavy (non-hydrogen) atoms. The number of nitrogens with one attached hydrogen (secondary N) is 1. The number of imidazole rings is 1. The van der Waals surface area contributed by atoms with Crippen LogP contribution in [0, 0.1) is 24.6 Å². The maximum Gasteiger partial charge on any atom is 0.416 e. The van der Waals surface area contributed by atoms with Crippen molar-refractivity contribution in [3.05, 3.63) is 83.4 Å². The van der Waals surface area contributed by atoms with Crippen molar-refractivity contribution >= 4 is 22.6 Å². The van der Waals surface area contributed by atoms with Crippen LogP contribution in [-0.4, -0.2) is 28.2 Å². The smallest absolute Gasteiger partial charge is 0.378 e. The van der Waals surface area contributed by atoms with Crippen LogP contribution >= 0.6 is 0 Å². The van der Waals surface area contributed by atoms with Gasteiger partial charge >= 0.3 is 6.18 Å². The molecule has 3 unspecified atom stereocenters. The monoisotopic (exact) mass is 581 g/mol. The molecule has 5 rings (SSSR count). The lowest BCUT2D eigenvalue weighted by molar-refractivity contribution is -0.137. The van der Waals surface area contributed by atoms with Crippen molar-refractivity contribution in [2.24, 2.45) is 18.9 Å². The van der Waals surface area contributed by atoms with Crippen LogP contribution in [0.4, 0.5) is 23.2 Å². The van der Waals surface area contributed by atoms with Crippen molar-refractivity contribution in [2.75, 3.05) is 11.9 Å². The minimum Gasteiger partial charge on any atom is -0.378 e. The molecule has 1 heterocycles. The number of carbonyl (C=O) groups is 1. The van der Waals surface area contributed by atoms with Crippen molar-refractivity contribution < 1.29 is 27.1 Å². The van der Waals surface area contributed by atoms with Gasteiger partial charge in [-0.2, -0.15) is 13.2 Å². The zero-order valence-corrected chi connectivity index (χ0v) is 24.1. The lowest BCUT2D eigenvalue weighted by Gasteiger charge is -2.40. The summed E-state index contributed by atoms with van der Waals surface area (Å²) < 4.78 is 61.6. The van der Waals surface area contributed by atoms with Crippen LogP contribution in [0.1, 0.15) is 56.0 Å². The molecule has 1 amide bonds. The van der Waals surface area contributed by atoms with E-state index in [0.717, 1.165) is 58.5 Å². The number of amides is 1. The summed E-state index contributed by atoms with van der Waals surface area (Å²) in [6.45, 7) is 6.55. The van der Waals surface area contributed by atoms with Gasteiger partial charge in [0.1, 0.15) is 11.6 Å². The Bertz CT molecular complexity index is 1580. The first-order chi connectivity index (χ1) is 20.0. The first kappa shape index (κ1) is 29.8. The average molecular weight is 582 g/mol. The van der Waals surface area contributed by atoms with Crippen LogP contribution < -0.4 is 5.32 Å². The van der Waals surface area contributed by atoms with Crippen LogP contribution in [0.25, 0.3) is 22.2 Å². The second kappa shape index (κ2) is 11.9. The maximum atomic E-state index is 14.5. The second-order valence-corrected chi connectivity index (χ2v) is 11.3. The van der Waals surface area contributed by atoms with E-state index < -0.39 is 29.4 Å². The second-order valence-electron chi connectivity index (χ2n) is 11.3. The van der Waals surface area contributed by atoms with Gasteiger partial charge in [-0.1, -0.05) is 44.2 Å². The third-order valence-corrected chi connectivity index (χ3v) is 8.53. The average Bonchev–Trinajstić information content (AvgIpc) is 3.25. The Morgan fingerprint density at radius 3 is 2.43 bits per heavy atom. The molecular formula is C33H35F4N3O2. The lowest BCUT2D eigenvalue weighted by Crippen LogP contribution is -2.40. The van der Waals surface area contributed by atoms with E-state index in [1.807, 2.05) is 27.8 Å². The minimum atomic E-state index is -4.67. The van der Waals surface area contributed by atoms with Crippen molar-refractivity contribution in [1.82, 2.24) is 9.55 Å². The summed E-state index contributed by atoms with van der Waals surface area (Å²) in [7, 11) is 2.00. The Kier molecular flexibility index (Phi) is 8.42. The molecule has 9 heteroatoms. The molecule has 1 N–H and O–H groups in total. The Morgan fingerprint density at radius 2 is 1.76 bits per heavy atom. The summed E-state index contributed by atoms with van der Waals surface area (Å²) in [6.07, 6.45) is -2.82. The molecule has 1 aliphatic rings. The standard InChI is InChI=1S/C33H35F4N3O2/c1-5-14-42-25-17-26(19(2)27(18-25)32(41)39-29-12-11-24(16-28(29)34)33(35,36)37)22-8-6-21(7-9-22)23-10-13-31-30(15-23)38-20(3)40(31)4/h6-13,15-16,19,25-27H,5,14,17-18H2,1-4H3,(H,39,41)/t19-,25?,26?,27?/m1/s1. The largest absolute Gasteiger partial charge is 0.416 e. The van der Waals surface area contributed by atoms with E-state index in [1.54, 1.807) is 0 Å². The molecule has 222 valence electrons. The highest BCUT2D eigenvalue weighted by Crippen LogP contribution is 2.43. The molecule has 0 saturated heterocycles. The third-order valence-electron chi connectivity index (χ3n) is 8.53. The predicted octanol–water partition coefficient (Wildman–Crippen LogP) is 8.27. The van der Waals surface area contributed by atoms with Gasteiger partial charge in [0.2, 0.25) is 5.91 Å². The quantitative estimate of drug-likeness (QED) is 0.224. The number of ether oxygens (including phenoxy) is 1. The molecule has 5 nitrogen and oxygen atoms in total. The van der Waals surface area contributed by atoms with Gasteiger partial charge in [0, 0.05) is 19.6 Å². The molecule has 0 bridgehead atoms. The molecule has 0 radical (unpaired) electrons. The molecule has 3 aromatic carbocycles. The fourth-order valence-electron chi connectivity index (χ4n) is 6.02. The van der Waals surface area contributed by atoms with Crippen molar-refractivity contribution in [1.29, 1.82) is 0 Å². The summed E-state index contributed by atoms with van der Waals surface area (Å²) >= 11 is 0. The summed E-state index contributed by atoms with van der Waals surface area (Å²) in [6, 6.07) is 16.7. The van der Waals surface area contributed by atoms with Crippen molar-refractivity contribution in [3.63, 3.8) is 0 Å². The Labute approximate surface area is 242 Å². The zero-order valence-electron chi connectivity index (χ0n) is 24.1. The van der Waals surface area contributed by atoms with Crippen LogP contribution in [0.2, 0.25) is 0 Å². The number of aryl methyl sites for hydroxylation is 2. The number of anilines is 1. The van der Waals surface area contributed by atoms with Gasteiger partial charge < -0.3 is 14.6 Å². The highest BCUT2D eigenvalue weighted by molar-refractivity contribution is 5.93. The van der Waals surface area contributed by atoms with Gasteiger partial charge in [-0.05, 0) is 85.0 Å². The van der Waals surface area contributed by atoms with Gasteiger partial charge in [0.15, 0.2) is 0 Å². The Hall–Kier alpha value is -3.72. The predicted molar refractivity (Wildman–Crippen MR) is 156 cm³/mol. The number of hydrogen-bond donors (Lipinski definition) is 1. The fourth-order valence-corrected chi connectivity index (χ4v) is 6.02. The van der Waals surface area contributed by atoms with E-state index in [0.29, 0.717) is 19.1 Å². The molecule has 1 aliphatic carbocycles. The van der Waals surface area contributed by atoms with E-state index in [1.165, 1.54) is 0 Å². The van der Waals surface area contributed by atoms with Gasteiger partial charge in [-0.25, -0.2) is 9.37 Å². The summed E-state index contributed by atoms with van der Waals surface area (Å²) in [5, 5.41) is 2.54. The van der Waals surface area contributed by atoms with Crippen LogP contribution in [-0.2, 0) is 22.8 Å². The van der Waals surface area contributed by atoms with Gasteiger partial charge in [0.05, 0.1) is 28.4 Å². The molecule has 0 aliphatic heterocycles. The number of benzene rings is 3. The van der Waals surface area contributed by atoms with E-state index in [4.69, 9.17) is 4.74 Å². The van der Waals surface area contributed by atoms with E-state index >= 15 is 0 Å². The number of hydrogen-bond acceptors (Lipinski definition) is 3. The first-order valence-corrected chi connectivity index (χ1v) is 14.3. The third kappa shape index (κ3) is 6.07. The lowest BCUT2D eigenvalue weighted by atomic mass is 9.68. The molecule has 4 aromatic rings. The normalized spacial score (nSPS) is 21.0. The van der Waals surface area contributed by atoms with Gasteiger partial charge in [0.25, 0.3) is 0 Å². The van der Waals surface area contributed by atoms with Crippen molar-refractivity contribution in [3.8, 4) is 11.1 Å². The number of fused-ring (bicyclic) bond motifs is 1. The number of aromatic nitrogens is 2. The topological polar surface area (TPSA) is 56.1 Å². The molecule has 1 aromatic heterocycles. The SMILES string of the molecule is CCCOC1CC(C(=O)Nc2ccc(C(F)(F)F)cc2F)[C@H](C)C(c2ccc(-c3ccc4c(c3)nc(C)n4C)cc2)C1.